The number of halogens is 1. The molecular weight excluding hydrogens is 378 g/mol. The Morgan fingerprint density at radius 3 is 2.88 bits per heavy atom. The Bertz CT molecular complexity index is 783. The number of hydrogen-bond donors (Lipinski definition) is 2. The molecule has 0 spiro atoms. The van der Waals surface area contributed by atoms with Crippen LogP contribution in [-0.4, -0.2) is 39.2 Å². The van der Waals surface area contributed by atoms with Gasteiger partial charge in [0.1, 0.15) is 6.23 Å². The quantitative estimate of drug-likeness (QED) is 0.719. The lowest BCUT2D eigenvalue weighted by molar-refractivity contribution is 0.0160. The molecular formula is C16H20ClN5O3S. The standard InChI is InChI=1S/C16H20ClN5O3S/c1-4-24-10(3)22-9-11(8-19-22)12-6-7-18-14(13(12)17)20-15(26)21-16(23)25-5-2/h6-10H,4-5H2,1-3H3,(H2,18,20,21,23,26). The van der Waals surface area contributed by atoms with Crippen molar-refractivity contribution in [3.63, 3.8) is 0 Å². The predicted molar refractivity (Wildman–Crippen MR) is 103 cm³/mol. The van der Waals surface area contributed by atoms with Gasteiger partial charge in [-0.25, -0.2) is 14.5 Å². The summed E-state index contributed by atoms with van der Waals surface area (Å²) in [5.74, 6) is 0.316. The second-order valence-electron chi connectivity index (χ2n) is 5.08. The zero-order chi connectivity index (χ0) is 19.1. The number of aromatic nitrogens is 3. The molecule has 1 atom stereocenters. The van der Waals surface area contributed by atoms with Gasteiger partial charge >= 0.3 is 6.09 Å². The molecule has 0 bridgehead atoms. The monoisotopic (exact) mass is 397 g/mol. The second-order valence-corrected chi connectivity index (χ2v) is 5.87. The molecule has 2 aromatic heterocycles. The lowest BCUT2D eigenvalue weighted by Crippen LogP contribution is -2.34. The van der Waals surface area contributed by atoms with Crippen LogP contribution in [0.5, 0.6) is 0 Å². The summed E-state index contributed by atoms with van der Waals surface area (Å²) < 4.78 is 12.0. The van der Waals surface area contributed by atoms with Crippen LogP contribution < -0.4 is 10.6 Å². The average molecular weight is 398 g/mol. The number of pyridine rings is 1. The molecule has 1 amide bonds. The highest BCUT2D eigenvalue weighted by atomic mass is 35.5. The van der Waals surface area contributed by atoms with Gasteiger partial charge in [-0.15, -0.1) is 0 Å². The van der Waals surface area contributed by atoms with Crippen molar-refractivity contribution in [2.75, 3.05) is 18.5 Å². The molecule has 0 aliphatic heterocycles. The SMILES string of the molecule is CCOC(=O)NC(=S)Nc1nccc(-c2cnn(C(C)OCC)c2)c1Cl. The number of alkyl carbamates (subject to hydrolysis) is 1. The van der Waals surface area contributed by atoms with E-state index in [9.17, 15) is 4.79 Å². The minimum absolute atomic E-state index is 0.0377. The Morgan fingerprint density at radius 1 is 1.42 bits per heavy atom. The molecule has 8 nitrogen and oxygen atoms in total. The van der Waals surface area contributed by atoms with Gasteiger partial charge in [-0.1, -0.05) is 11.6 Å². The minimum Gasteiger partial charge on any atom is -0.450 e. The van der Waals surface area contributed by atoms with Gasteiger partial charge < -0.3 is 14.8 Å². The zero-order valence-electron chi connectivity index (χ0n) is 14.7. The van der Waals surface area contributed by atoms with Crippen LogP contribution in [-0.2, 0) is 9.47 Å². The van der Waals surface area contributed by atoms with Crippen molar-refractivity contribution in [1.82, 2.24) is 20.1 Å². The number of anilines is 1. The average Bonchev–Trinajstić information content (AvgIpc) is 3.07. The van der Waals surface area contributed by atoms with Crippen molar-refractivity contribution in [3.05, 3.63) is 29.7 Å². The van der Waals surface area contributed by atoms with E-state index < -0.39 is 6.09 Å². The number of carbonyl (C=O) groups is 1. The Labute approximate surface area is 161 Å². The number of thiocarbonyl (C=S) groups is 1. The summed E-state index contributed by atoms with van der Waals surface area (Å²) >= 11 is 11.5. The maximum absolute atomic E-state index is 11.4. The van der Waals surface area contributed by atoms with Gasteiger partial charge in [0.05, 0.1) is 17.8 Å². The minimum atomic E-state index is -0.650. The van der Waals surface area contributed by atoms with Crippen LogP contribution in [0.1, 0.15) is 27.0 Å². The molecule has 2 heterocycles. The molecule has 0 aliphatic rings. The first kappa shape index (κ1) is 20.1. The largest absolute Gasteiger partial charge is 0.450 e. The summed E-state index contributed by atoms with van der Waals surface area (Å²) in [6.45, 7) is 6.36. The Balaban J connectivity index is 2.16. The van der Waals surface area contributed by atoms with Gasteiger partial charge in [-0.05, 0) is 39.1 Å². The van der Waals surface area contributed by atoms with E-state index in [1.54, 1.807) is 30.1 Å². The highest BCUT2D eigenvalue weighted by molar-refractivity contribution is 7.80. The fourth-order valence-corrected chi connectivity index (χ4v) is 2.59. The van der Waals surface area contributed by atoms with Crippen LogP contribution >= 0.6 is 23.8 Å². The van der Waals surface area contributed by atoms with Gasteiger partial charge in [0.2, 0.25) is 0 Å². The number of rotatable bonds is 6. The lowest BCUT2D eigenvalue weighted by Gasteiger charge is -2.12. The molecule has 0 aromatic carbocycles. The van der Waals surface area contributed by atoms with Crippen molar-refractivity contribution in [2.45, 2.75) is 27.0 Å². The van der Waals surface area contributed by atoms with Crippen molar-refractivity contribution >= 4 is 40.8 Å². The number of amides is 1. The van der Waals surface area contributed by atoms with E-state index in [0.717, 1.165) is 11.1 Å². The van der Waals surface area contributed by atoms with E-state index in [2.05, 4.69) is 20.7 Å². The van der Waals surface area contributed by atoms with Crippen LogP contribution in [0.2, 0.25) is 5.02 Å². The second kappa shape index (κ2) is 9.46. The van der Waals surface area contributed by atoms with E-state index in [0.29, 0.717) is 17.4 Å². The van der Waals surface area contributed by atoms with Gasteiger partial charge in [-0.3, -0.25) is 5.32 Å². The summed E-state index contributed by atoms with van der Waals surface area (Å²) in [7, 11) is 0. The third kappa shape index (κ3) is 5.13. The number of nitrogens with one attached hydrogen (secondary N) is 2. The van der Waals surface area contributed by atoms with Crippen LogP contribution in [0, 0.1) is 0 Å². The van der Waals surface area contributed by atoms with Crippen molar-refractivity contribution < 1.29 is 14.3 Å². The van der Waals surface area contributed by atoms with E-state index in [-0.39, 0.29) is 17.9 Å². The molecule has 26 heavy (non-hydrogen) atoms. The van der Waals surface area contributed by atoms with Crippen LogP contribution in [0.25, 0.3) is 11.1 Å². The molecule has 1 unspecified atom stereocenters. The molecule has 0 fully saturated rings. The van der Waals surface area contributed by atoms with Crippen LogP contribution in [0.4, 0.5) is 10.6 Å². The first-order chi connectivity index (χ1) is 12.5. The van der Waals surface area contributed by atoms with E-state index >= 15 is 0 Å². The fraction of sp³-hybridized carbons (Fsp3) is 0.375. The molecule has 2 N–H and O–H groups in total. The molecule has 10 heteroatoms. The Morgan fingerprint density at radius 2 is 2.19 bits per heavy atom. The molecule has 0 saturated carbocycles. The number of carbonyl (C=O) groups excluding carboxylic acids is 1. The Hall–Kier alpha value is -2.23. The van der Waals surface area contributed by atoms with Gasteiger partial charge in [0.15, 0.2) is 10.9 Å². The fourth-order valence-electron chi connectivity index (χ4n) is 2.15. The maximum atomic E-state index is 11.4. The number of ether oxygens (including phenoxy) is 2. The highest BCUT2D eigenvalue weighted by Gasteiger charge is 2.14. The summed E-state index contributed by atoms with van der Waals surface area (Å²) in [5.41, 5.74) is 1.52. The molecule has 0 saturated heterocycles. The molecule has 140 valence electrons. The van der Waals surface area contributed by atoms with Gasteiger partial charge in [0, 0.05) is 30.1 Å². The van der Waals surface area contributed by atoms with E-state index in [1.165, 1.54) is 0 Å². The molecule has 2 aromatic rings. The summed E-state index contributed by atoms with van der Waals surface area (Å²) in [6, 6.07) is 1.77. The summed E-state index contributed by atoms with van der Waals surface area (Å²) in [4.78, 5) is 15.6. The number of hydrogen-bond acceptors (Lipinski definition) is 6. The number of nitrogens with zero attached hydrogens (tertiary/aromatic N) is 3. The lowest BCUT2D eigenvalue weighted by atomic mass is 10.1. The third-order valence-corrected chi connectivity index (χ3v) is 3.89. The van der Waals surface area contributed by atoms with Crippen molar-refractivity contribution in [2.24, 2.45) is 0 Å². The predicted octanol–water partition coefficient (Wildman–Crippen LogP) is 3.60. The third-order valence-electron chi connectivity index (χ3n) is 3.31. The first-order valence-corrected chi connectivity index (χ1v) is 8.80. The van der Waals surface area contributed by atoms with Gasteiger partial charge in [0.25, 0.3) is 0 Å². The topological polar surface area (TPSA) is 90.3 Å². The van der Waals surface area contributed by atoms with Crippen LogP contribution in [0.15, 0.2) is 24.7 Å². The Kier molecular flexibility index (Phi) is 7.31. The van der Waals surface area contributed by atoms with Gasteiger partial charge in [-0.2, -0.15) is 5.10 Å². The molecule has 0 aliphatic carbocycles. The molecule has 0 radical (unpaired) electrons. The zero-order valence-corrected chi connectivity index (χ0v) is 16.2. The van der Waals surface area contributed by atoms with Crippen molar-refractivity contribution in [3.8, 4) is 11.1 Å². The first-order valence-electron chi connectivity index (χ1n) is 8.01. The molecule has 2 rings (SSSR count). The van der Waals surface area contributed by atoms with Crippen molar-refractivity contribution in [1.29, 1.82) is 0 Å². The maximum Gasteiger partial charge on any atom is 0.413 e. The summed E-state index contributed by atoms with van der Waals surface area (Å²) in [5, 5.41) is 9.84. The van der Waals surface area contributed by atoms with Crippen LogP contribution in [0.3, 0.4) is 0 Å². The smallest absolute Gasteiger partial charge is 0.413 e. The highest BCUT2D eigenvalue weighted by Crippen LogP contribution is 2.32. The normalized spacial score (nSPS) is 11.7. The van der Waals surface area contributed by atoms with E-state index in [1.807, 2.05) is 20.0 Å². The van der Waals surface area contributed by atoms with E-state index in [4.69, 9.17) is 33.3 Å². The summed E-state index contributed by atoms with van der Waals surface area (Å²) in [6.07, 6.45) is 4.27.